The molecule has 0 unspecified atom stereocenters. The summed E-state index contributed by atoms with van der Waals surface area (Å²) in [5.41, 5.74) is 2.58. The van der Waals surface area contributed by atoms with E-state index in [1.54, 1.807) is 18.2 Å². The van der Waals surface area contributed by atoms with Crippen LogP contribution in [-0.2, 0) is 9.84 Å². The monoisotopic (exact) mass is 351 g/mol. The highest BCUT2D eigenvalue weighted by atomic mass is 32.2. The molecule has 3 aromatic rings. The van der Waals surface area contributed by atoms with E-state index < -0.39 is 15.6 Å². The number of allylic oxidation sites excluding steroid dienone is 1. The third kappa shape index (κ3) is 2.60. The van der Waals surface area contributed by atoms with E-state index >= 15 is 0 Å². The number of ketones is 1. The zero-order valence-electron chi connectivity index (χ0n) is 13.3. The Kier molecular flexibility index (Phi) is 3.43. The van der Waals surface area contributed by atoms with Gasteiger partial charge >= 0.3 is 0 Å². The zero-order chi connectivity index (χ0) is 17.6. The van der Waals surface area contributed by atoms with Gasteiger partial charge in [0.25, 0.3) is 0 Å². The highest BCUT2D eigenvalue weighted by Gasteiger charge is 2.32. The van der Waals surface area contributed by atoms with Gasteiger partial charge in [0.05, 0.1) is 15.9 Å². The predicted octanol–water partition coefficient (Wildman–Crippen LogP) is 3.66. The average Bonchev–Trinajstić information content (AvgIpc) is 3.08. The molecule has 124 valence electrons. The van der Waals surface area contributed by atoms with Crippen molar-refractivity contribution in [3.05, 3.63) is 76.9 Å². The van der Waals surface area contributed by atoms with Crippen LogP contribution >= 0.6 is 0 Å². The van der Waals surface area contributed by atoms with E-state index in [4.69, 9.17) is 4.52 Å². The van der Waals surface area contributed by atoms with Crippen molar-refractivity contribution in [2.75, 3.05) is 0 Å². The number of rotatable bonds is 2. The smallest absolute Gasteiger partial charge is 0.201 e. The zero-order valence-corrected chi connectivity index (χ0v) is 14.1. The second-order valence-electron chi connectivity index (χ2n) is 5.85. The molecule has 2 heterocycles. The fourth-order valence-electron chi connectivity index (χ4n) is 2.83. The minimum absolute atomic E-state index is 0.00916. The Morgan fingerprint density at radius 3 is 2.60 bits per heavy atom. The minimum atomic E-state index is -3.71. The van der Waals surface area contributed by atoms with Crippen LogP contribution in [0.25, 0.3) is 16.8 Å². The SMILES string of the molecule is Cc1cccc(-c2cc(C3=CS(=O)(=O)c4ccccc4C3=O)on2)c1. The first-order valence-electron chi connectivity index (χ1n) is 7.60. The van der Waals surface area contributed by atoms with E-state index in [1.807, 2.05) is 31.2 Å². The van der Waals surface area contributed by atoms with Crippen molar-refractivity contribution in [3.63, 3.8) is 0 Å². The van der Waals surface area contributed by atoms with Crippen LogP contribution < -0.4 is 0 Å². The molecule has 0 saturated heterocycles. The summed E-state index contributed by atoms with van der Waals surface area (Å²) in [6.07, 6.45) is 0. The molecule has 5 nitrogen and oxygen atoms in total. The standard InChI is InChI=1S/C19H13NO4S/c1-12-5-4-6-13(9-12)16-10-17(24-20-16)15-11-25(22,23)18-8-3-2-7-14(18)19(15)21/h2-11H,1H3. The van der Waals surface area contributed by atoms with E-state index in [0.29, 0.717) is 5.69 Å². The molecule has 0 fully saturated rings. The summed E-state index contributed by atoms with van der Waals surface area (Å²) in [6, 6.07) is 15.4. The summed E-state index contributed by atoms with van der Waals surface area (Å²) in [7, 11) is -3.71. The van der Waals surface area contributed by atoms with E-state index in [-0.39, 0.29) is 21.8 Å². The molecule has 0 bridgehead atoms. The highest BCUT2D eigenvalue weighted by Crippen LogP contribution is 2.33. The van der Waals surface area contributed by atoms with Crippen molar-refractivity contribution < 1.29 is 17.7 Å². The number of aromatic nitrogens is 1. The highest BCUT2D eigenvalue weighted by molar-refractivity contribution is 7.94. The fraction of sp³-hybridized carbons (Fsp3) is 0.0526. The molecular weight excluding hydrogens is 338 g/mol. The first-order chi connectivity index (χ1) is 12.0. The maximum Gasteiger partial charge on any atom is 0.201 e. The van der Waals surface area contributed by atoms with E-state index in [9.17, 15) is 13.2 Å². The molecule has 25 heavy (non-hydrogen) atoms. The molecule has 0 aliphatic carbocycles. The number of carbonyl (C=O) groups is 1. The number of hydrogen-bond donors (Lipinski definition) is 0. The van der Waals surface area contributed by atoms with Crippen LogP contribution in [0.5, 0.6) is 0 Å². The van der Waals surface area contributed by atoms with Crippen molar-refractivity contribution in [3.8, 4) is 11.3 Å². The Morgan fingerprint density at radius 1 is 1.00 bits per heavy atom. The molecule has 0 amide bonds. The van der Waals surface area contributed by atoms with Crippen molar-refractivity contribution in [2.24, 2.45) is 0 Å². The first kappa shape index (κ1) is 15.5. The molecular formula is C19H13NO4S. The number of hydrogen-bond acceptors (Lipinski definition) is 5. The van der Waals surface area contributed by atoms with Crippen LogP contribution in [0.4, 0.5) is 0 Å². The second kappa shape index (κ2) is 5.53. The molecule has 0 N–H and O–H groups in total. The van der Waals surface area contributed by atoms with Gasteiger partial charge in [-0.15, -0.1) is 0 Å². The Labute approximate surface area is 144 Å². The number of aryl methyl sites for hydroxylation is 1. The molecule has 0 atom stereocenters. The fourth-order valence-corrected chi connectivity index (χ4v) is 4.23. The summed E-state index contributed by atoms with van der Waals surface area (Å²) in [6.45, 7) is 1.96. The van der Waals surface area contributed by atoms with E-state index in [1.165, 1.54) is 12.1 Å². The lowest BCUT2D eigenvalue weighted by atomic mass is 10.0. The van der Waals surface area contributed by atoms with Crippen LogP contribution in [0.2, 0.25) is 0 Å². The maximum atomic E-state index is 12.7. The van der Waals surface area contributed by atoms with Crippen LogP contribution in [0, 0.1) is 6.92 Å². The Hall–Kier alpha value is -2.99. The second-order valence-corrected chi connectivity index (χ2v) is 7.61. The Balaban J connectivity index is 1.81. The third-order valence-corrected chi connectivity index (χ3v) is 5.56. The summed E-state index contributed by atoms with van der Waals surface area (Å²) in [5, 5.41) is 4.93. The molecule has 2 aromatic carbocycles. The van der Waals surface area contributed by atoms with Crippen molar-refractivity contribution in [1.29, 1.82) is 0 Å². The maximum absolute atomic E-state index is 12.7. The number of benzene rings is 2. The number of sulfone groups is 1. The lowest BCUT2D eigenvalue weighted by Gasteiger charge is -2.13. The van der Waals surface area contributed by atoms with Crippen molar-refractivity contribution >= 4 is 21.2 Å². The molecule has 1 aliphatic heterocycles. The number of Topliss-reactive ketones (excluding diaryl/α,β-unsaturated/α-hetero) is 1. The summed E-state index contributed by atoms with van der Waals surface area (Å²) < 4.78 is 30.1. The van der Waals surface area contributed by atoms with Gasteiger partial charge in [0, 0.05) is 17.2 Å². The molecule has 0 radical (unpaired) electrons. The van der Waals surface area contributed by atoms with Gasteiger partial charge in [0.1, 0.15) is 5.69 Å². The molecule has 4 rings (SSSR count). The largest absolute Gasteiger partial charge is 0.355 e. The topological polar surface area (TPSA) is 77.2 Å². The van der Waals surface area contributed by atoms with Crippen LogP contribution in [0.3, 0.4) is 0 Å². The molecule has 1 aliphatic rings. The number of nitrogens with zero attached hydrogens (tertiary/aromatic N) is 1. The third-order valence-electron chi connectivity index (χ3n) is 4.05. The van der Waals surface area contributed by atoms with Crippen LogP contribution in [0.1, 0.15) is 21.7 Å². The van der Waals surface area contributed by atoms with Crippen molar-refractivity contribution in [1.82, 2.24) is 5.16 Å². The lowest BCUT2D eigenvalue weighted by molar-refractivity contribution is 0.105. The molecule has 6 heteroatoms. The van der Waals surface area contributed by atoms with Gasteiger partial charge < -0.3 is 4.52 Å². The lowest BCUT2D eigenvalue weighted by Crippen LogP contribution is -2.15. The Morgan fingerprint density at radius 2 is 1.80 bits per heavy atom. The van der Waals surface area contributed by atoms with E-state index in [0.717, 1.165) is 16.5 Å². The van der Waals surface area contributed by atoms with E-state index in [2.05, 4.69) is 5.16 Å². The first-order valence-corrected chi connectivity index (χ1v) is 9.15. The number of carbonyl (C=O) groups excluding carboxylic acids is 1. The molecule has 0 spiro atoms. The summed E-state index contributed by atoms with van der Waals surface area (Å²) in [5.74, 6) is -0.253. The van der Waals surface area contributed by atoms with Gasteiger partial charge in [-0.2, -0.15) is 0 Å². The number of fused-ring (bicyclic) bond motifs is 1. The van der Waals surface area contributed by atoms with Gasteiger partial charge in [-0.05, 0) is 25.1 Å². The van der Waals surface area contributed by atoms with Gasteiger partial charge in [-0.1, -0.05) is 41.1 Å². The Bertz CT molecular complexity index is 1140. The van der Waals surface area contributed by atoms with Crippen molar-refractivity contribution in [2.45, 2.75) is 11.8 Å². The van der Waals surface area contributed by atoms with Gasteiger partial charge in [0.15, 0.2) is 11.5 Å². The quantitative estimate of drug-likeness (QED) is 0.704. The normalized spacial score (nSPS) is 15.6. The van der Waals surface area contributed by atoms with Crippen LogP contribution in [-0.4, -0.2) is 19.4 Å². The molecule has 0 saturated carbocycles. The molecule has 1 aromatic heterocycles. The predicted molar refractivity (Wildman–Crippen MR) is 92.6 cm³/mol. The van der Waals surface area contributed by atoms with Gasteiger partial charge in [-0.25, -0.2) is 8.42 Å². The van der Waals surface area contributed by atoms with Gasteiger partial charge in [0.2, 0.25) is 9.84 Å². The minimum Gasteiger partial charge on any atom is -0.355 e. The average molecular weight is 351 g/mol. The summed E-state index contributed by atoms with van der Waals surface area (Å²) in [4.78, 5) is 12.7. The van der Waals surface area contributed by atoms with Crippen LogP contribution in [0.15, 0.2) is 69.4 Å². The van der Waals surface area contributed by atoms with Gasteiger partial charge in [-0.3, -0.25) is 4.79 Å². The summed E-state index contributed by atoms with van der Waals surface area (Å²) >= 11 is 0.